The number of amides is 1. The molecule has 4 rings (SSSR count). The van der Waals surface area contributed by atoms with E-state index in [9.17, 15) is 4.79 Å². The zero-order valence-corrected chi connectivity index (χ0v) is 15.9. The molecule has 2 aromatic heterocycles. The fraction of sp³-hybridized carbons (Fsp3) is 0.400. The summed E-state index contributed by atoms with van der Waals surface area (Å²) in [6, 6.07) is 11.4. The van der Waals surface area contributed by atoms with Crippen molar-refractivity contribution in [2.75, 3.05) is 32.1 Å². The first-order valence-electron chi connectivity index (χ1n) is 9.51. The third-order valence-electron chi connectivity index (χ3n) is 5.09. The van der Waals surface area contributed by atoms with Gasteiger partial charge in [0.1, 0.15) is 12.1 Å². The van der Waals surface area contributed by atoms with E-state index in [1.165, 1.54) is 6.33 Å². The highest BCUT2D eigenvalue weighted by Gasteiger charge is 2.23. The zero-order chi connectivity index (χ0) is 19.3. The second kappa shape index (κ2) is 8.35. The minimum absolute atomic E-state index is 0.120. The molecule has 1 aromatic carbocycles. The summed E-state index contributed by atoms with van der Waals surface area (Å²) in [5, 5.41) is 7.72. The number of likely N-dealkylation sites (tertiary alicyclic amines) is 1. The van der Waals surface area contributed by atoms with Crippen LogP contribution in [0.2, 0.25) is 0 Å². The van der Waals surface area contributed by atoms with Crippen molar-refractivity contribution in [3.63, 3.8) is 0 Å². The topological polar surface area (TPSA) is 84.7 Å². The lowest BCUT2D eigenvalue weighted by Gasteiger charge is -2.32. The van der Waals surface area contributed by atoms with Gasteiger partial charge < -0.3 is 15.0 Å². The summed E-state index contributed by atoms with van der Waals surface area (Å²) in [5.74, 6) is 2.03. The first-order chi connectivity index (χ1) is 13.7. The number of methoxy groups -OCH3 is 1. The van der Waals surface area contributed by atoms with Crippen LogP contribution in [-0.2, 0) is 11.3 Å². The maximum Gasteiger partial charge on any atom is 0.254 e. The predicted molar refractivity (Wildman–Crippen MR) is 105 cm³/mol. The molecule has 0 atom stereocenters. The number of aromatic nitrogens is 4. The number of ether oxygens (including phenoxy) is 1. The molecule has 0 bridgehead atoms. The maximum absolute atomic E-state index is 12.6. The number of rotatable bonds is 6. The van der Waals surface area contributed by atoms with E-state index in [2.05, 4.69) is 20.4 Å². The zero-order valence-electron chi connectivity index (χ0n) is 15.9. The third kappa shape index (κ3) is 3.96. The minimum atomic E-state index is 0.120. The molecular formula is C20H24N6O2. The van der Waals surface area contributed by atoms with Gasteiger partial charge in [-0.1, -0.05) is 18.2 Å². The monoisotopic (exact) mass is 380 g/mol. The van der Waals surface area contributed by atoms with Crippen molar-refractivity contribution >= 4 is 17.5 Å². The summed E-state index contributed by atoms with van der Waals surface area (Å²) in [4.78, 5) is 23.1. The van der Waals surface area contributed by atoms with Gasteiger partial charge in [0.05, 0.1) is 12.3 Å². The van der Waals surface area contributed by atoms with Crippen LogP contribution >= 0.6 is 0 Å². The molecule has 146 valence electrons. The molecule has 3 aromatic rings. The van der Waals surface area contributed by atoms with E-state index in [-0.39, 0.29) is 5.91 Å². The number of fused-ring (bicyclic) bond motifs is 1. The first-order valence-corrected chi connectivity index (χ1v) is 9.51. The standard InChI is InChI=1S/C20H24N6O2/c1-28-13-17-11-18(26-20(24-17)22-14-23-26)21-12-15-7-9-25(10-8-15)19(27)16-5-3-2-4-6-16/h2-6,11,14-15,21H,7-10,12-13H2,1H3. The smallest absolute Gasteiger partial charge is 0.254 e. The van der Waals surface area contributed by atoms with Crippen LogP contribution in [0.3, 0.4) is 0 Å². The largest absolute Gasteiger partial charge is 0.378 e. The molecule has 28 heavy (non-hydrogen) atoms. The number of anilines is 1. The normalized spacial score (nSPS) is 15.1. The van der Waals surface area contributed by atoms with Crippen LogP contribution in [0.5, 0.6) is 0 Å². The van der Waals surface area contributed by atoms with Gasteiger partial charge in [-0.2, -0.15) is 14.6 Å². The summed E-state index contributed by atoms with van der Waals surface area (Å²) in [6.07, 6.45) is 3.45. The molecule has 8 heteroatoms. The van der Waals surface area contributed by atoms with E-state index < -0.39 is 0 Å². The average molecular weight is 380 g/mol. The van der Waals surface area contributed by atoms with Gasteiger partial charge in [-0.3, -0.25) is 4.79 Å². The van der Waals surface area contributed by atoms with Gasteiger partial charge in [0.2, 0.25) is 0 Å². The highest BCUT2D eigenvalue weighted by atomic mass is 16.5. The summed E-state index contributed by atoms with van der Waals surface area (Å²) < 4.78 is 6.89. The van der Waals surface area contributed by atoms with E-state index >= 15 is 0 Å². The van der Waals surface area contributed by atoms with E-state index in [0.29, 0.717) is 18.3 Å². The number of benzene rings is 1. The Morgan fingerprint density at radius 2 is 2.04 bits per heavy atom. The summed E-state index contributed by atoms with van der Waals surface area (Å²) >= 11 is 0. The van der Waals surface area contributed by atoms with E-state index in [1.54, 1.807) is 11.6 Å². The van der Waals surface area contributed by atoms with Gasteiger partial charge >= 0.3 is 0 Å². The van der Waals surface area contributed by atoms with E-state index in [0.717, 1.165) is 49.6 Å². The Bertz CT molecular complexity index is 934. The van der Waals surface area contributed by atoms with Crippen molar-refractivity contribution < 1.29 is 9.53 Å². The van der Waals surface area contributed by atoms with Gasteiger partial charge in [-0.15, -0.1) is 0 Å². The highest BCUT2D eigenvalue weighted by Crippen LogP contribution is 2.20. The number of nitrogens with one attached hydrogen (secondary N) is 1. The quantitative estimate of drug-likeness (QED) is 0.706. The molecule has 3 heterocycles. The molecule has 1 N–H and O–H groups in total. The maximum atomic E-state index is 12.6. The molecule has 1 amide bonds. The molecule has 0 spiro atoms. The van der Waals surface area contributed by atoms with Crippen LogP contribution in [0.25, 0.3) is 5.78 Å². The lowest BCUT2D eigenvalue weighted by molar-refractivity contribution is 0.0695. The van der Waals surface area contributed by atoms with Gasteiger partial charge in [-0.05, 0) is 30.9 Å². The van der Waals surface area contributed by atoms with Gasteiger partial charge in [-0.25, -0.2) is 4.98 Å². The van der Waals surface area contributed by atoms with E-state index in [1.807, 2.05) is 41.3 Å². The van der Waals surface area contributed by atoms with Crippen molar-refractivity contribution in [2.24, 2.45) is 5.92 Å². The second-order valence-corrected chi connectivity index (χ2v) is 7.02. The molecule has 1 fully saturated rings. The van der Waals surface area contributed by atoms with Crippen molar-refractivity contribution in [3.05, 3.63) is 54.0 Å². The number of nitrogens with zero attached hydrogens (tertiary/aromatic N) is 5. The fourth-order valence-corrected chi connectivity index (χ4v) is 3.56. The lowest BCUT2D eigenvalue weighted by Crippen LogP contribution is -2.40. The fourth-order valence-electron chi connectivity index (χ4n) is 3.56. The van der Waals surface area contributed by atoms with Crippen molar-refractivity contribution in [1.29, 1.82) is 0 Å². The number of carbonyl (C=O) groups excluding carboxylic acids is 1. The van der Waals surface area contributed by atoms with Crippen LogP contribution in [-0.4, -0.2) is 57.1 Å². The summed E-state index contributed by atoms with van der Waals surface area (Å²) in [6.45, 7) is 2.81. The summed E-state index contributed by atoms with van der Waals surface area (Å²) in [7, 11) is 1.65. The van der Waals surface area contributed by atoms with Crippen LogP contribution in [0.4, 0.5) is 5.82 Å². The Labute approximate surface area is 163 Å². The number of hydrogen-bond acceptors (Lipinski definition) is 6. The van der Waals surface area contributed by atoms with Crippen LogP contribution in [0.15, 0.2) is 42.7 Å². The predicted octanol–water partition coefficient (Wildman–Crippen LogP) is 2.24. The van der Waals surface area contributed by atoms with Crippen LogP contribution < -0.4 is 5.32 Å². The number of hydrogen-bond donors (Lipinski definition) is 1. The third-order valence-corrected chi connectivity index (χ3v) is 5.09. The molecule has 1 saturated heterocycles. The van der Waals surface area contributed by atoms with Crippen molar-refractivity contribution in [2.45, 2.75) is 19.4 Å². The molecule has 0 aliphatic carbocycles. The van der Waals surface area contributed by atoms with Crippen LogP contribution in [0, 0.1) is 5.92 Å². The lowest BCUT2D eigenvalue weighted by atomic mass is 9.96. The highest BCUT2D eigenvalue weighted by molar-refractivity contribution is 5.94. The summed E-state index contributed by atoms with van der Waals surface area (Å²) in [5.41, 5.74) is 1.57. The van der Waals surface area contributed by atoms with Crippen molar-refractivity contribution in [3.8, 4) is 0 Å². The number of piperidine rings is 1. The molecule has 8 nitrogen and oxygen atoms in total. The molecule has 0 radical (unpaired) electrons. The second-order valence-electron chi connectivity index (χ2n) is 7.02. The molecule has 1 aliphatic heterocycles. The molecule has 1 aliphatic rings. The Hall–Kier alpha value is -3.00. The first kappa shape index (κ1) is 18.4. The average Bonchev–Trinajstić information content (AvgIpc) is 3.21. The van der Waals surface area contributed by atoms with Crippen molar-refractivity contribution in [1.82, 2.24) is 24.5 Å². The molecular weight excluding hydrogens is 356 g/mol. The minimum Gasteiger partial charge on any atom is -0.378 e. The molecule has 0 saturated carbocycles. The van der Waals surface area contributed by atoms with Crippen LogP contribution in [0.1, 0.15) is 28.9 Å². The Morgan fingerprint density at radius 1 is 1.25 bits per heavy atom. The van der Waals surface area contributed by atoms with E-state index in [4.69, 9.17) is 4.74 Å². The van der Waals surface area contributed by atoms with Gasteiger partial charge in [0, 0.05) is 38.4 Å². The Kier molecular flexibility index (Phi) is 5.48. The SMILES string of the molecule is COCc1cc(NCC2CCN(C(=O)c3ccccc3)CC2)n2ncnc2n1. The van der Waals surface area contributed by atoms with Gasteiger partial charge in [0.15, 0.2) is 0 Å². The van der Waals surface area contributed by atoms with Gasteiger partial charge in [0.25, 0.3) is 11.7 Å². The Morgan fingerprint density at radius 3 is 2.79 bits per heavy atom. The number of carbonyl (C=O) groups is 1. The molecule has 0 unspecified atom stereocenters. The Balaban J connectivity index is 1.35.